The van der Waals surface area contributed by atoms with E-state index in [1.807, 2.05) is 19.9 Å². The van der Waals surface area contributed by atoms with Gasteiger partial charge in [-0.25, -0.2) is 0 Å². The van der Waals surface area contributed by atoms with Crippen molar-refractivity contribution < 1.29 is 4.79 Å². The Hall–Kier alpha value is -0.630. The molecule has 0 saturated carbocycles. The molecule has 0 bridgehead atoms. The summed E-state index contributed by atoms with van der Waals surface area (Å²) in [6.45, 7) is 4.01. The highest BCUT2D eigenvalue weighted by Gasteiger charge is 2.28. The lowest BCUT2D eigenvalue weighted by molar-refractivity contribution is 0.0946. The topological polar surface area (TPSA) is 17.1 Å². The van der Waals surface area contributed by atoms with Crippen LogP contribution in [0.1, 0.15) is 28.4 Å². The Morgan fingerprint density at radius 3 is 2.85 bits per heavy atom. The highest BCUT2D eigenvalue weighted by Crippen LogP contribution is 2.33. The second-order valence-electron chi connectivity index (χ2n) is 3.74. The van der Waals surface area contributed by atoms with Crippen LogP contribution in [0.2, 0.25) is 0 Å². The van der Waals surface area contributed by atoms with Gasteiger partial charge < -0.3 is 0 Å². The molecule has 0 heterocycles. The summed E-state index contributed by atoms with van der Waals surface area (Å²) >= 11 is 3.50. The molecule has 1 nitrogen and oxygen atoms in total. The summed E-state index contributed by atoms with van der Waals surface area (Å²) < 4.78 is 1.08. The molecule has 13 heavy (non-hydrogen) atoms. The van der Waals surface area contributed by atoms with Crippen LogP contribution in [0, 0.1) is 12.8 Å². The van der Waals surface area contributed by atoms with Gasteiger partial charge in [0.15, 0.2) is 5.78 Å². The SMILES string of the molecule is Cc1cc(Br)c2c(c1)C(=O)C(C)C2. The molecule has 0 saturated heterocycles. The number of carbonyl (C=O) groups is 1. The van der Waals surface area contributed by atoms with Gasteiger partial charge in [-0.2, -0.15) is 0 Å². The first-order valence-corrected chi connectivity index (χ1v) is 5.22. The average Bonchev–Trinajstić information content (AvgIpc) is 2.32. The molecule has 0 fully saturated rings. The van der Waals surface area contributed by atoms with Crippen molar-refractivity contribution in [3.8, 4) is 0 Å². The van der Waals surface area contributed by atoms with Crippen LogP contribution in [0.15, 0.2) is 16.6 Å². The Morgan fingerprint density at radius 2 is 2.15 bits per heavy atom. The van der Waals surface area contributed by atoms with E-state index in [9.17, 15) is 4.79 Å². The molecule has 1 atom stereocenters. The quantitative estimate of drug-likeness (QED) is 0.679. The number of Topliss-reactive ketones (excluding diaryl/α,β-unsaturated/α-hetero) is 1. The van der Waals surface area contributed by atoms with Crippen LogP contribution >= 0.6 is 15.9 Å². The van der Waals surface area contributed by atoms with E-state index in [-0.39, 0.29) is 5.92 Å². The summed E-state index contributed by atoms with van der Waals surface area (Å²) in [7, 11) is 0. The molecular weight excluding hydrogens is 228 g/mol. The normalized spacial score (nSPS) is 20.5. The van der Waals surface area contributed by atoms with E-state index in [1.165, 1.54) is 5.56 Å². The minimum atomic E-state index is 0.160. The predicted molar refractivity (Wildman–Crippen MR) is 56.1 cm³/mol. The number of ketones is 1. The van der Waals surface area contributed by atoms with E-state index in [4.69, 9.17) is 0 Å². The fourth-order valence-electron chi connectivity index (χ4n) is 1.86. The third-order valence-electron chi connectivity index (χ3n) is 2.56. The van der Waals surface area contributed by atoms with Gasteiger partial charge in [0.1, 0.15) is 0 Å². The molecule has 68 valence electrons. The minimum absolute atomic E-state index is 0.160. The Kier molecular flexibility index (Phi) is 2.03. The maximum Gasteiger partial charge on any atom is 0.166 e. The molecule has 0 amide bonds. The summed E-state index contributed by atoms with van der Waals surface area (Å²) in [4.78, 5) is 11.7. The maximum absolute atomic E-state index is 11.7. The number of hydrogen-bond acceptors (Lipinski definition) is 1. The molecule has 0 radical (unpaired) electrons. The zero-order valence-corrected chi connectivity index (χ0v) is 9.31. The standard InChI is InChI=1S/C11H11BrO/c1-6-3-9-8(10(12)4-6)5-7(2)11(9)13/h3-4,7H,5H2,1-2H3. The van der Waals surface area contributed by atoms with Crippen LogP contribution in [-0.2, 0) is 6.42 Å². The van der Waals surface area contributed by atoms with Crippen LogP contribution < -0.4 is 0 Å². The second-order valence-corrected chi connectivity index (χ2v) is 4.60. The third kappa shape index (κ3) is 1.33. The fourth-order valence-corrected chi connectivity index (χ4v) is 2.60. The molecule has 0 N–H and O–H groups in total. The van der Waals surface area contributed by atoms with E-state index < -0.39 is 0 Å². The van der Waals surface area contributed by atoms with Gasteiger partial charge in [0, 0.05) is 16.0 Å². The summed E-state index contributed by atoms with van der Waals surface area (Å²) in [5.41, 5.74) is 3.25. The molecular formula is C11H11BrO. The minimum Gasteiger partial charge on any atom is -0.294 e. The van der Waals surface area contributed by atoms with Crippen LogP contribution in [-0.4, -0.2) is 5.78 Å². The number of aryl methyl sites for hydroxylation is 1. The van der Waals surface area contributed by atoms with Gasteiger partial charge in [-0.3, -0.25) is 4.79 Å². The van der Waals surface area contributed by atoms with E-state index in [0.717, 1.165) is 22.0 Å². The van der Waals surface area contributed by atoms with Crippen molar-refractivity contribution in [1.29, 1.82) is 0 Å². The number of hydrogen-bond donors (Lipinski definition) is 0. The first-order valence-electron chi connectivity index (χ1n) is 4.43. The number of carbonyl (C=O) groups excluding carboxylic acids is 1. The lowest BCUT2D eigenvalue weighted by Gasteiger charge is -2.02. The number of fused-ring (bicyclic) bond motifs is 1. The average molecular weight is 239 g/mol. The maximum atomic E-state index is 11.7. The molecule has 1 unspecified atom stereocenters. The Labute approximate surface area is 86.3 Å². The highest BCUT2D eigenvalue weighted by atomic mass is 79.9. The first kappa shape index (κ1) is 8.95. The summed E-state index contributed by atoms with van der Waals surface area (Å²) in [6.07, 6.45) is 0.884. The molecule has 1 aromatic rings. The molecule has 1 aromatic carbocycles. The third-order valence-corrected chi connectivity index (χ3v) is 3.27. The summed E-state index contributed by atoms with van der Waals surface area (Å²) in [6, 6.07) is 4.07. The van der Waals surface area contributed by atoms with Gasteiger partial charge in [-0.05, 0) is 36.6 Å². The van der Waals surface area contributed by atoms with Crippen molar-refractivity contribution in [1.82, 2.24) is 0 Å². The van der Waals surface area contributed by atoms with Crippen LogP contribution in [0.25, 0.3) is 0 Å². The Morgan fingerprint density at radius 1 is 1.46 bits per heavy atom. The lowest BCUT2D eigenvalue weighted by Crippen LogP contribution is -2.02. The van der Waals surface area contributed by atoms with Crippen molar-refractivity contribution in [2.24, 2.45) is 5.92 Å². The van der Waals surface area contributed by atoms with Gasteiger partial charge in [0.05, 0.1) is 0 Å². The van der Waals surface area contributed by atoms with E-state index >= 15 is 0 Å². The van der Waals surface area contributed by atoms with Gasteiger partial charge >= 0.3 is 0 Å². The number of benzene rings is 1. The van der Waals surface area contributed by atoms with Crippen molar-refractivity contribution in [3.05, 3.63) is 33.3 Å². The molecule has 0 spiro atoms. The van der Waals surface area contributed by atoms with Gasteiger partial charge in [0.25, 0.3) is 0 Å². The smallest absolute Gasteiger partial charge is 0.166 e. The molecule has 1 aliphatic rings. The molecule has 0 aliphatic heterocycles. The van der Waals surface area contributed by atoms with Crippen LogP contribution in [0.3, 0.4) is 0 Å². The van der Waals surface area contributed by atoms with Crippen molar-refractivity contribution in [3.63, 3.8) is 0 Å². The van der Waals surface area contributed by atoms with E-state index in [2.05, 4.69) is 22.0 Å². The van der Waals surface area contributed by atoms with Gasteiger partial charge in [0.2, 0.25) is 0 Å². The molecule has 0 aromatic heterocycles. The summed E-state index contributed by atoms with van der Waals surface area (Å²) in [5.74, 6) is 0.451. The second kappa shape index (κ2) is 2.95. The summed E-state index contributed by atoms with van der Waals surface area (Å²) in [5, 5.41) is 0. The zero-order chi connectivity index (χ0) is 9.59. The number of rotatable bonds is 0. The predicted octanol–water partition coefficient (Wildman–Crippen LogP) is 3.13. The van der Waals surface area contributed by atoms with E-state index in [0.29, 0.717) is 5.78 Å². The fraction of sp³-hybridized carbons (Fsp3) is 0.364. The molecule has 2 heteroatoms. The van der Waals surface area contributed by atoms with Crippen LogP contribution in [0.5, 0.6) is 0 Å². The Bertz CT molecular complexity index is 382. The first-order chi connectivity index (χ1) is 6.09. The Balaban J connectivity index is 2.64. The zero-order valence-electron chi connectivity index (χ0n) is 7.73. The van der Waals surface area contributed by atoms with Crippen LogP contribution in [0.4, 0.5) is 0 Å². The lowest BCUT2D eigenvalue weighted by atomic mass is 10.1. The monoisotopic (exact) mass is 238 g/mol. The molecule has 1 aliphatic carbocycles. The van der Waals surface area contributed by atoms with E-state index in [1.54, 1.807) is 0 Å². The molecule has 2 rings (SSSR count). The largest absolute Gasteiger partial charge is 0.294 e. The van der Waals surface area contributed by atoms with Crippen molar-refractivity contribution in [2.45, 2.75) is 20.3 Å². The van der Waals surface area contributed by atoms with Crippen molar-refractivity contribution in [2.75, 3.05) is 0 Å². The van der Waals surface area contributed by atoms with Gasteiger partial charge in [-0.15, -0.1) is 0 Å². The van der Waals surface area contributed by atoms with Crippen molar-refractivity contribution >= 4 is 21.7 Å². The number of halogens is 1. The van der Waals surface area contributed by atoms with Gasteiger partial charge in [-0.1, -0.05) is 22.9 Å². The highest BCUT2D eigenvalue weighted by molar-refractivity contribution is 9.10.